The molecule has 2 atom stereocenters. The first-order valence-corrected chi connectivity index (χ1v) is 9.43. The van der Waals surface area contributed by atoms with E-state index in [1.54, 1.807) is 62.8 Å². The molecular formula is C22H19N5O4. The number of fused-ring (bicyclic) bond motifs is 1. The molecule has 31 heavy (non-hydrogen) atoms. The predicted octanol–water partition coefficient (Wildman–Crippen LogP) is 2.75. The molecule has 0 spiro atoms. The van der Waals surface area contributed by atoms with Crippen molar-refractivity contribution < 1.29 is 14.3 Å². The number of ether oxygens (including phenoxy) is 2. The Morgan fingerprint density at radius 1 is 1.00 bits per heavy atom. The van der Waals surface area contributed by atoms with E-state index < -0.39 is 23.3 Å². The number of nitrogens with one attached hydrogen (secondary N) is 3. The van der Waals surface area contributed by atoms with E-state index in [0.29, 0.717) is 22.7 Å². The minimum Gasteiger partial charge on any atom is -0.497 e. The van der Waals surface area contributed by atoms with E-state index in [-0.39, 0.29) is 17.3 Å². The topological polar surface area (TPSA) is 129 Å². The highest BCUT2D eigenvalue weighted by atomic mass is 16.5. The molecule has 0 radical (unpaired) electrons. The number of amides is 1. The fourth-order valence-corrected chi connectivity index (χ4v) is 3.55. The number of aromatic amines is 1. The number of hydrogen-bond donors (Lipinski definition) is 3. The zero-order valence-corrected chi connectivity index (χ0v) is 16.8. The van der Waals surface area contributed by atoms with E-state index in [0.717, 1.165) is 0 Å². The Morgan fingerprint density at radius 3 is 2.19 bits per heavy atom. The standard InChI is InChI=1S/C22H19N5O4/c1-30-14-7-3-12(4-8-14)17-16(11-23)20(28)25-19-18(17)21(29)27-22(26-19)24-13-5-9-15(31-2)10-6-13/h3-10,16-17H,1-2H3,(H3,24,25,26,27,28,29)/t16-,17-/m1/s1. The normalized spacial score (nSPS) is 17.1. The number of nitrogens with zero attached hydrogens (tertiary/aromatic N) is 2. The molecular weight excluding hydrogens is 398 g/mol. The molecule has 1 aliphatic rings. The van der Waals surface area contributed by atoms with E-state index in [9.17, 15) is 14.9 Å². The van der Waals surface area contributed by atoms with Crippen LogP contribution in [0.25, 0.3) is 0 Å². The number of benzene rings is 2. The van der Waals surface area contributed by atoms with Crippen LogP contribution in [0, 0.1) is 17.2 Å². The summed E-state index contributed by atoms with van der Waals surface area (Å²) >= 11 is 0. The van der Waals surface area contributed by atoms with E-state index in [1.807, 2.05) is 6.07 Å². The first-order valence-electron chi connectivity index (χ1n) is 9.43. The van der Waals surface area contributed by atoms with Crippen molar-refractivity contribution in [2.45, 2.75) is 5.92 Å². The van der Waals surface area contributed by atoms with Gasteiger partial charge in [-0.15, -0.1) is 0 Å². The van der Waals surface area contributed by atoms with E-state index in [1.165, 1.54) is 0 Å². The number of nitriles is 1. The van der Waals surface area contributed by atoms with Crippen molar-refractivity contribution in [3.8, 4) is 17.6 Å². The molecule has 3 N–H and O–H groups in total. The third-order valence-electron chi connectivity index (χ3n) is 5.09. The Hall–Kier alpha value is -4.32. The van der Waals surface area contributed by atoms with Gasteiger partial charge in [-0.1, -0.05) is 12.1 Å². The zero-order chi connectivity index (χ0) is 22.0. The molecule has 0 bridgehead atoms. The molecule has 0 unspecified atom stereocenters. The monoisotopic (exact) mass is 417 g/mol. The molecule has 3 aromatic rings. The highest BCUT2D eigenvalue weighted by Gasteiger charge is 2.40. The van der Waals surface area contributed by atoms with E-state index in [4.69, 9.17) is 9.47 Å². The Labute approximate surface area is 177 Å². The summed E-state index contributed by atoms with van der Waals surface area (Å²) in [6.07, 6.45) is 0. The van der Waals surface area contributed by atoms with Crippen LogP contribution in [-0.2, 0) is 4.79 Å². The second-order valence-electron chi connectivity index (χ2n) is 6.88. The summed E-state index contributed by atoms with van der Waals surface area (Å²) in [6, 6.07) is 16.0. The minimum atomic E-state index is -1.07. The van der Waals surface area contributed by atoms with Crippen molar-refractivity contribution in [3.63, 3.8) is 0 Å². The summed E-state index contributed by atoms with van der Waals surface area (Å²) < 4.78 is 10.3. The van der Waals surface area contributed by atoms with Crippen LogP contribution in [0.4, 0.5) is 17.5 Å². The number of carbonyl (C=O) groups is 1. The van der Waals surface area contributed by atoms with Gasteiger partial charge in [0, 0.05) is 11.6 Å². The van der Waals surface area contributed by atoms with Gasteiger partial charge >= 0.3 is 0 Å². The number of aromatic nitrogens is 2. The number of rotatable bonds is 5. The van der Waals surface area contributed by atoms with Gasteiger partial charge in [-0.2, -0.15) is 10.2 Å². The predicted molar refractivity (Wildman–Crippen MR) is 114 cm³/mol. The fraction of sp³-hybridized carbons (Fsp3) is 0.182. The molecule has 0 saturated carbocycles. The van der Waals surface area contributed by atoms with Gasteiger partial charge < -0.3 is 20.1 Å². The van der Waals surface area contributed by atoms with Crippen molar-refractivity contribution in [3.05, 3.63) is 70.0 Å². The van der Waals surface area contributed by atoms with Crippen LogP contribution in [0.15, 0.2) is 53.3 Å². The summed E-state index contributed by atoms with van der Waals surface area (Å²) in [5.41, 5.74) is 1.11. The van der Waals surface area contributed by atoms with Crippen molar-refractivity contribution >= 4 is 23.4 Å². The van der Waals surface area contributed by atoms with Gasteiger partial charge in [0.1, 0.15) is 23.2 Å². The van der Waals surface area contributed by atoms with Gasteiger partial charge in [-0.3, -0.25) is 14.6 Å². The van der Waals surface area contributed by atoms with Crippen molar-refractivity contribution in [1.82, 2.24) is 9.97 Å². The van der Waals surface area contributed by atoms with Crippen LogP contribution >= 0.6 is 0 Å². The largest absolute Gasteiger partial charge is 0.497 e. The lowest BCUT2D eigenvalue weighted by molar-refractivity contribution is -0.119. The Bertz CT molecular complexity index is 1210. The Morgan fingerprint density at radius 2 is 1.61 bits per heavy atom. The van der Waals surface area contributed by atoms with E-state index in [2.05, 4.69) is 20.6 Å². The lowest BCUT2D eigenvalue weighted by Gasteiger charge is -2.28. The smallest absolute Gasteiger partial charge is 0.258 e. The maximum absolute atomic E-state index is 13.0. The second-order valence-corrected chi connectivity index (χ2v) is 6.88. The summed E-state index contributed by atoms with van der Waals surface area (Å²) in [4.78, 5) is 32.7. The zero-order valence-electron chi connectivity index (χ0n) is 16.8. The molecule has 9 heteroatoms. The molecule has 2 aromatic carbocycles. The van der Waals surface area contributed by atoms with Gasteiger partial charge in [-0.25, -0.2) is 0 Å². The molecule has 1 amide bonds. The number of carbonyl (C=O) groups excluding carboxylic acids is 1. The molecule has 1 aromatic heterocycles. The maximum atomic E-state index is 13.0. The average molecular weight is 417 g/mol. The van der Waals surface area contributed by atoms with Crippen LogP contribution in [0.3, 0.4) is 0 Å². The number of hydrogen-bond acceptors (Lipinski definition) is 7. The lowest BCUT2D eigenvalue weighted by Crippen LogP contribution is -2.38. The van der Waals surface area contributed by atoms with Crippen molar-refractivity contribution in [1.29, 1.82) is 5.26 Å². The summed E-state index contributed by atoms with van der Waals surface area (Å²) in [7, 11) is 3.11. The third kappa shape index (κ3) is 3.79. The Balaban J connectivity index is 1.75. The van der Waals surface area contributed by atoms with Crippen molar-refractivity contribution in [2.75, 3.05) is 24.9 Å². The molecule has 0 aliphatic carbocycles. The maximum Gasteiger partial charge on any atom is 0.258 e. The Kier molecular flexibility index (Phi) is 5.28. The highest BCUT2D eigenvalue weighted by Crippen LogP contribution is 2.38. The lowest BCUT2D eigenvalue weighted by atomic mass is 9.79. The van der Waals surface area contributed by atoms with Crippen LogP contribution in [0.5, 0.6) is 11.5 Å². The SMILES string of the molecule is COc1ccc(Nc2nc3c(c(=O)[nH]2)[C@H](c2ccc(OC)cc2)[C@@H](C#N)C(=O)N3)cc1. The third-order valence-corrected chi connectivity index (χ3v) is 5.09. The summed E-state index contributed by atoms with van der Waals surface area (Å²) in [6.45, 7) is 0. The fourth-order valence-electron chi connectivity index (χ4n) is 3.55. The molecule has 0 saturated heterocycles. The van der Waals surface area contributed by atoms with Gasteiger partial charge in [-0.05, 0) is 42.0 Å². The summed E-state index contributed by atoms with van der Waals surface area (Å²) in [5.74, 6) is -0.729. The van der Waals surface area contributed by atoms with E-state index >= 15 is 0 Å². The average Bonchev–Trinajstić information content (AvgIpc) is 2.78. The molecule has 9 nitrogen and oxygen atoms in total. The van der Waals surface area contributed by atoms with Crippen LogP contribution in [0.1, 0.15) is 17.0 Å². The van der Waals surface area contributed by atoms with Crippen molar-refractivity contribution in [2.24, 2.45) is 5.92 Å². The minimum absolute atomic E-state index is 0.122. The van der Waals surface area contributed by atoms with Crippen LogP contribution in [0.2, 0.25) is 0 Å². The molecule has 1 aliphatic heterocycles. The van der Waals surface area contributed by atoms with Gasteiger partial charge in [0.05, 0.1) is 25.9 Å². The first-order chi connectivity index (χ1) is 15.0. The molecule has 0 fully saturated rings. The second kappa shape index (κ2) is 8.20. The van der Waals surface area contributed by atoms with Crippen LogP contribution < -0.4 is 25.7 Å². The quantitative estimate of drug-likeness (QED) is 0.582. The van der Waals surface area contributed by atoms with Gasteiger partial charge in [0.25, 0.3) is 5.56 Å². The first kappa shape index (κ1) is 20.0. The highest BCUT2D eigenvalue weighted by molar-refractivity contribution is 5.98. The molecule has 4 rings (SSSR count). The summed E-state index contributed by atoms with van der Waals surface area (Å²) in [5, 5.41) is 15.2. The number of anilines is 3. The van der Waals surface area contributed by atoms with Crippen LogP contribution in [-0.4, -0.2) is 30.1 Å². The van der Waals surface area contributed by atoms with Gasteiger partial charge in [0.2, 0.25) is 11.9 Å². The molecule has 2 heterocycles. The van der Waals surface area contributed by atoms with Gasteiger partial charge in [0.15, 0.2) is 0 Å². The molecule has 156 valence electrons. The number of H-pyrrole nitrogens is 1. The number of methoxy groups -OCH3 is 2.